The molecule has 0 N–H and O–H groups in total. The zero-order chi connectivity index (χ0) is 10.5. The predicted octanol–water partition coefficient (Wildman–Crippen LogP) is -1.42. The van der Waals surface area contributed by atoms with Gasteiger partial charge in [-0.1, -0.05) is 0 Å². The molecule has 0 unspecified atom stereocenters. The lowest BCUT2D eigenvalue weighted by Crippen LogP contribution is -2.52. The molecule has 1 aromatic heterocycles. The standard InChI is InChI=1S/C8H11N3O3/c1-9-6(12)10(2)8(14)11(7(9)13)5-3-4-5/h5H,3-4H2,1-2H3. The maximum absolute atomic E-state index is 11.6. The van der Waals surface area contributed by atoms with Crippen molar-refractivity contribution in [1.29, 1.82) is 0 Å². The molecule has 6 nitrogen and oxygen atoms in total. The third kappa shape index (κ3) is 1.07. The van der Waals surface area contributed by atoms with Gasteiger partial charge in [-0.15, -0.1) is 0 Å². The average Bonchev–Trinajstić information content (AvgIpc) is 2.96. The van der Waals surface area contributed by atoms with Crippen molar-refractivity contribution < 1.29 is 0 Å². The second kappa shape index (κ2) is 2.70. The van der Waals surface area contributed by atoms with Crippen molar-refractivity contribution in [3.63, 3.8) is 0 Å². The molecular formula is C8H11N3O3. The highest BCUT2D eigenvalue weighted by Gasteiger charge is 2.28. The molecule has 1 saturated carbocycles. The summed E-state index contributed by atoms with van der Waals surface area (Å²) in [6.45, 7) is 0. The molecule has 0 saturated heterocycles. The van der Waals surface area contributed by atoms with E-state index < -0.39 is 17.1 Å². The SMILES string of the molecule is Cn1c(=O)n(C)c(=O)n(C2CC2)c1=O. The summed E-state index contributed by atoms with van der Waals surface area (Å²) in [5, 5.41) is 0. The van der Waals surface area contributed by atoms with Crippen molar-refractivity contribution in [3.8, 4) is 0 Å². The summed E-state index contributed by atoms with van der Waals surface area (Å²) in [4.78, 5) is 34.4. The molecule has 1 fully saturated rings. The molecule has 76 valence electrons. The fraction of sp³-hybridized carbons (Fsp3) is 0.625. The third-order valence-electron chi connectivity index (χ3n) is 2.47. The van der Waals surface area contributed by atoms with Gasteiger partial charge in [-0.3, -0.25) is 0 Å². The maximum atomic E-state index is 11.6. The molecule has 0 spiro atoms. The normalized spacial score (nSPS) is 15.9. The first-order valence-electron chi connectivity index (χ1n) is 4.42. The van der Waals surface area contributed by atoms with Crippen LogP contribution in [0.15, 0.2) is 14.4 Å². The Kier molecular flexibility index (Phi) is 1.73. The van der Waals surface area contributed by atoms with E-state index in [1.807, 2.05) is 0 Å². The Morgan fingerprint density at radius 3 is 1.71 bits per heavy atom. The summed E-state index contributed by atoms with van der Waals surface area (Å²) < 4.78 is 3.07. The van der Waals surface area contributed by atoms with E-state index in [0.717, 1.165) is 26.5 Å². The van der Waals surface area contributed by atoms with Gasteiger partial charge in [-0.2, -0.15) is 0 Å². The summed E-state index contributed by atoms with van der Waals surface area (Å²) in [6, 6.07) is -0.00648. The van der Waals surface area contributed by atoms with Gasteiger partial charge in [0.1, 0.15) is 0 Å². The van der Waals surface area contributed by atoms with E-state index >= 15 is 0 Å². The van der Waals surface area contributed by atoms with Gasteiger partial charge < -0.3 is 0 Å². The zero-order valence-electron chi connectivity index (χ0n) is 8.06. The van der Waals surface area contributed by atoms with Gasteiger partial charge in [0, 0.05) is 20.1 Å². The molecular weight excluding hydrogens is 186 g/mol. The molecule has 0 atom stereocenters. The van der Waals surface area contributed by atoms with E-state index in [-0.39, 0.29) is 6.04 Å². The summed E-state index contributed by atoms with van der Waals surface area (Å²) in [5.41, 5.74) is -1.60. The molecule has 0 aliphatic heterocycles. The van der Waals surface area contributed by atoms with Gasteiger partial charge in [0.25, 0.3) is 0 Å². The molecule has 0 radical (unpaired) electrons. The monoisotopic (exact) mass is 197 g/mol. The van der Waals surface area contributed by atoms with Gasteiger partial charge in [-0.25, -0.2) is 28.1 Å². The predicted molar refractivity (Wildman–Crippen MR) is 49.5 cm³/mol. The second-order valence-electron chi connectivity index (χ2n) is 3.57. The van der Waals surface area contributed by atoms with Crippen molar-refractivity contribution in [2.45, 2.75) is 18.9 Å². The topological polar surface area (TPSA) is 66.0 Å². The minimum atomic E-state index is -0.572. The first-order chi connectivity index (χ1) is 6.54. The van der Waals surface area contributed by atoms with E-state index in [4.69, 9.17) is 0 Å². The molecule has 0 amide bonds. The van der Waals surface area contributed by atoms with Crippen LogP contribution in [0.1, 0.15) is 18.9 Å². The summed E-state index contributed by atoms with van der Waals surface area (Å²) in [6.07, 6.45) is 1.68. The van der Waals surface area contributed by atoms with Crippen molar-refractivity contribution >= 4 is 0 Å². The van der Waals surface area contributed by atoms with Crippen LogP contribution in [-0.4, -0.2) is 13.7 Å². The molecule has 1 aliphatic rings. The van der Waals surface area contributed by atoms with Crippen LogP contribution in [0.2, 0.25) is 0 Å². The first kappa shape index (κ1) is 8.98. The quantitative estimate of drug-likeness (QED) is 0.555. The number of nitrogens with zero attached hydrogens (tertiary/aromatic N) is 3. The summed E-state index contributed by atoms with van der Waals surface area (Å²) >= 11 is 0. The Balaban J connectivity index is 2.91. The lowest BCUT2D eigenvalue weighted by atomic mass is 10.6. The van der Waals surface area contributed by atoms with Crippen LogP contribution in [0.25, 0.3) is 0 Å². The van der Waals surface area contributed by atoms with Crippen LogP contribution >= 0.6 is 0 Å². The van der Waals surface area contributed by atoms with Gasteiger partial charge in [-0.05, 0) is 12.8 Å². The molecule has 6 heteroatoms. The van der Waals surface area contributed by atoms with Gasteiger partial charge >= 0.3 is 17.1 Å². The Bertz CT molecular complexity index is 504. The van der Waals surface area contributed by atoms with Crippen molar-refractivity contribution in [3.05, 3.63) is 31.5 Å². The number of hydrogen-bond donors (Lipinski definition) is 0. The molecule has 0 aromatic carbocycles. The minimum absolute atomic E-state index is 0.00648. The molecule has 1 aliphatic carbocycles. The third-order valence-corrected chi connectivity index (χ3v) is 2.47. The van der Waals surface area contributed by atoms with E-state index in [0.29, 0.717) is 0 Å². The molecule has 14 heavy (non-hydrogen) atoms. The Morgan fingerprint density at radius 1 is 0.929 bits per heavy atom. The molecule has 2 rings (SSSR count). The van der Waals surface area contributed by atoms with E-state index in [2.05, 4.69) is 0 Å². The molecule has 1 heterocycles. The fourth-order valence-corrected chi connectivity index (χ4v) is 1.44. The highest BCUT2D eigenvalue weighted by atomic mass is 16.2. The van der Waals surface area contributed by atoms with E-state index in [9.17, 15) is 14.4 Å². The zero-order valence-corrected chi connectivity index (χ0v) is 8.06. The van der Waals surface area contributed by atoms with Crippen molar-refractivity contribution in [2.75, 3.05) is 0 Å². The van der Waals surface area contributed by atoms with Crippen LogP contribution in [-0.2, 0) is 14.1 Å². The highest BCUT2D eigenvalue weighted by Crippen LogP contribution is 2.31. The van der Waals surface area contributed by atoms with E-state index in [1.54, 1.807) is 0 Å². The van der Waals surface area contributed by atoms with Crippen molar-refractivity contribution in [2.24, 2.45) is 14.1 Å². The molecule has 1 aromatic rings. The van der Waals surface area contributed by atoms with Crippen LogP contribution in [0.3, 0.4) is 0 Å². The second-order valence-corrected chi connectivity index (χ2v) is 3.57. The molecule has 0 bridgehead atoms. The Hall–Kier alpha value is -1.59. The Morgan fingerprint density at radius 2 is 1.36 bits per heavy atom. The smallest absolute Gasteiger partial charge is 0.248 e. The van der Waals surface area contributed by atoms with Gasteiger partial charge in [0.2, 0.25) is 0 Å². The minimum Gasteiger partial charge on any atom is -0.248 e. The lowest BCUT2D eigenvalue weighted by molar-refractivity contribution is 0.511. The van der Waals surface area contributed by atoms with Gasteiger partial charge in [0.05, 0.1) is 0 Å². The summed E-state index contributed by atoms with van der Waals surface area (Å²) in [7, 11) is 2.76. The lowest BCUT2D eigenvalue weighted by Gasteiger charge is -2.06. The largest absolute Gasteiger partial charge is 0.336 e. The van der Waals surface area contributed by atoms with Crippen LogP contribution in [0, 0.1) is 0 Å². The van der Waals surface area contributed by atoms with Crippen LogP contribution in [0.5, 0.6) is 0 Å². The highest BCUT2D eigenvalue weighted by molar-refractivity contribution is 4.87. The fourth-order valence-electron chi connectivity index (χ4n) is 1.44. The summed E-state index contributed by atoms with van der Waals surface area (Å²) in [5.74, 6) is 0. The number of hydrogen-bond acceptors (Lipinski definition) is 3. The van der Waals surface area contributed by atoms with Gasteiger partial charge in [0.15, 0.2) is 0 Å². The number of aromatic nitrogens is 3. The average molecular weight is 197 g/mol. The first-order valence-corrected chi connectivity index (χ1v) is 4.42. The van der Waals surface area contributed by atoms with Crippen molar-refractivity contribution in [1.82, 2.24) is 13.7 Å². The van der Waals surface area contributed by atoms with Crippen LogP contribution < -0.4 is 17.1 Å². The number of rotatable bonds is 1. The van der Waals surface area contributed by atoms with E-state index in [1.165, 1.54) is 14.1 Å². The van der Waals surface area contributed by atoms with Crippen LogP contribution in [0.4, 0.5) is 0 Å². The maximum Gasteiger partial charge on any atom is 0.336 e. The Labute approximate surface area is 79.0 Å².